The van der Waals surface area contributed by atoms with Crippen LogP contribution in [0.1, 0.15) is 13.8 Å². The van der Waals surface area contributed by atoms with Gasteiger partial charge in [-0.1, -0.05) is 0 Å². The van der Waals surface area contributed by atoms with Gasteiger partial charge >= 0.3 is 6.02 Å². The summed E-state index contributed by atoms with van der Waals surface area (Å²) in [5, 5.41) is 3.97. The zero-order chi connectivity index (χ0) is 7.56. The molecule has 1 rings (SSSR count). The molecule has 1 aliphatic rings. The van der Waals surface area contributed by atoms with Gasteiger partial charge in [-0.05, 0) is 13.8 Å². The predicted molar refractivity (Wildman–Crippen MR) is 40.2 cm³/mol. The van der Waals surface area contributed by atoms with Gasteiger partial charge < -0.3 is 4.74 Å². The van der Waals surface area contributed by atoms with Gasteiger partial charge in [-0.2, -0.15) is 5.10 Å². The molecule has 1 heterocycles. The number of hydrogen-bond acceptors (Lipinski definition) is 4. The highest BCUT2D eigenvalue weighted by molar-refractivity contribution is 5.92. The molecule has 0 aliphatic carbocycles. The maximum absolute atomic E-state index is 4.84. The van der Waals surface area contributed by atoms with E-state index in [0.717, 1.165) is 5.71 Å². The summed E-state index contributed by atoms with van der Waals surface area (Å²) < 4.78 is 4.84. The molecule has 0 unspecified atom stereocenters. The summed E-state index contributed by atoms with van der Waals surface area (Å²) in [5.74, 6) is 0. The molecule has 1 aliphatic heterocycles. The molecule has 1 atom stereocenters. The van der Waals surface area contributed by atoms with Crippen molar-refractivity contribution < 1.29 is 4.74 Å². The largest absolute Gasteiger partial charge is 0.467 e. The van der Waals surface area contributed by atoms with E-state index in [1.54, 1.807) is 7.11 Å². The third-order valence-corrected chi connectivity index (χ3v) is 1.44. The van der Waals surface area contributed by atoms with Crippen LogP contribution in [0, 0.1) is 0 Å². The summed E-state index contributed by atoms with van der Waals surface area (Å²) in [6.45, 7) is 3.90. The van der Waals surface area contributed by atoms with Gasteiger partial charge in [0.25, 0.3) is 0 Å². The van der Waals surface area contributed by atoms with Gasteiger partial charge in [0.2, 0.25) is 0 Å². The fraction of sp³-hybridized carbons (Fsp3) is 0.667. The molecule has 0 fully saturated rings. The molecule has 0 aromatic carbocycles. The first-order valence-corrected chi connectivity index (χ1v) is 3.16. The molecular weight excluding hydrogens is 130 g/mol. The number of rotatable bonds is 0. The van der Waals surface area contributed by atoms with E-state index in [9.17, 15) is 0 Å². The fourth-order valence-electron chi connectivity index (χ4n) is 0.626. The second-order valence-electron chi connectivity index (χ2n) is 2.18. The molecule has 4 heteroatoms. The van der Waals surface area contributed by atoms with Crippen LogP contribution in [-0.2, 0) is 4.74 Å². The van der Waals surface area contributed by atoms with Crippen molar-refractivity contribution in [1.82, 2.24) is 5.43 Å². The Morgan fingerprint density at radius 1 is 1.60 bits per heavy atom. The molecule has 0 saturated heterocycles. The number of hydrazone groups is 1. The summed E-state index contributed by atoms with van der Waals surface area (Å²) >= 11 is 0. The molecule has 0 aromatic heterocycles. The number of ether oxygens (including phenoxy) is 1. The summed E-state index contributed by atoms with van der Waals surface area (Å²) in [4.78, 5) is 4.13. The van der Waals surface area contributed by atoms with Crippen molar-refractivity contribution in [3.8, 4) is 0 Å². The number of aliphatic imine (C=N–C) groups is 1. The zero-order valence-corrected chi connectivity index (χ0v) is 6.38. The second-order valence-corrected chi connectivity index (χ2v) is 2.18. The number of hydrogen-bond donors (Lipinski definition) is 1. The third kappa shape index (κ3) is 1.26. The molecule has 1 N–H and O–H groups in total. The predicted octanol–water partition coefficient (Wildman–Crippen LogP) is 0.356. The average Bonchev–Trinajstić information content (AvgIpc) is 1.95. The fourth-order valence-corrected chi connectivity index (χ4v) is 0.626. The normalized spacial score (nSPS) is 24.5. The monoisotopic (exact) mass is 141 g/mol. The second kappa shape index (κ2) is 2.68. The van der Waals surface area contributed by atoms with Crippen molar-refractivity contribution in [2.24, 2.45) is 10.1 Å². The lowest BCUT2D eigenvalue weighted by atomic mass is 10.2. The first-order valence-electron chi connectivity index (χ1n) is 3.16. The standard InChI is InChI=1S/C6H11N3O/c1-4-5(2)8-9-6(7-4)10-3/h4H,1-3H3,(H,7,9)/t4-/m0/s1. The van der Waals surface area contributed by atoms with E-state index in [4.69, 9.17) is 4.74 Å². The van der Waals surface area contributed by atoms with E-state index in [0.29, 0.717) is 6.02 Å². The highest BCUT2D eigenvalue weighted by Crippen LogP contribution is 1.98. The Labute approximate surface area is 60.0 Å². The van der Waals surface area contributed by atoms with Crippen LogP contribution in [0.3, 0.4) is 0 Å². The minimum absolute atomic E-state index is 0.135. The summed E-state index contributed by atoms with van der Waals surface area (Å²) in [5.41, 5.74) is 3.64. The summed E-state index contributed by atoms with van der Waals surface area (Å²) in [6.07, 6.45) is 0. The van der Waals surface area contributed by atoms with Gasteiger partial charge in [0.1, 0.15) is 0 Å². The summed E-state index contributed by atoms with van der Waals surface area (Å²) in [7, 11) is 1.56. The van der Waals surface area contributed by atoms with Gasteiger partial charge in [0.15, 0.2) is 0 Å². The SMILES string of the molecule is COC1=N[C@@H](C)C(C)=NN1. The minimum atomic E-state index is 0.135. The van der Waals surface area contributed by atoms with Crippen molar-refractivity contribution in [1.29, 1.82) is 0 Å². The van der Waals surface area contributed by atoms with Gasteiger partial charge in [-0.15, -0.1) is 0 Å². The van der Waals surface area contributed by atoms with Crippen LogP contribution in [0.2, 0.25) is 0 Å². The Morgan fingerprint density at radius 2 is 2.30 bits per heavy atom. The number of amidine groups is 1. The lowest BCUT2D eigenvalue weighted by Crippen LogP contribution is -2.31. The van der Waals surface area contributed by atoms with Gasteiger partial charge in [-0.3, -0.25) is 0 Å². The highest BCUT2D eigenvalue weighted by Gasteiger charge is 2.11. The zero-order valence-electron chi connectivity index (χ0n) is 6.38. The number of nitrogens with zero attached hydrogens (tertiary/aromatic N) is 2. The molecule has 0 aromatic rings. The van der Waals surface area contributed by atoms with E-state index in [1.807, 2.05) is 13.8 Å². The number of nitrogens with one attached hydrogen (secondary N) is 1. The Morgan fingerprint density at radius 3 is 2.80 bits per heavy atom. The first-order chi connectivity index (χ1) is 4.74. The smallest absolute Gasteiger partial charge is 0.306 e. The third-order valence-electron chi connectivity index (χ3n) is 1.44. The Kier molecular flexibility index (Phi) is 1.89. The number of methoxy groups -OCH3 is 1. The lowest BCUT2D eigenvalue weighted by Gasteiger charge is -2.14. The maximum Gasteiger partial charge on any atom is 0.306 e. The summed E-state index contributed by atoms with van der Waals surface area (Å²) in [6, 6.07) is 0.620. The Balaban J connectivity index is 2.64. The topological polar surface area (TPSA) is 46.0 Å². The Hall–Kier alpha value is -1.06. The van der Waals surface area contributed by atoms with E-state index >= 15 is 0 Å². The van der Waals surface area contributed by atoms with E-state index < -0.39 is 0 Å². The van der Waals surface area contributed by atoms with E-state index in [-0.39, 0.29) is 6.04 Å². The van der Waals surface area contributed by atoms with Gasteiger partial charge in [0, 0.05) is 0 Å². The van der Waals surface area contributed by atoms with Crippen LogP contribution in [-0.4, -0.2) is 24.9 Å². The molecule has 4 nitrogen and oxygen atoms in total. The van der Waals surface area contributed by atoms with Gasteiger partial charge in [0.05, 0.1) is 18.9 Å². The van der Waals surface area contributed by atoms with Crippen LogP contribution >= 0.6 is 0 Å². The molecule has 0 amide bonds. The maximum atomic E-state index is 4.84. The van der Waals surface area contributed by atoms with Crippen LogP contribution in [0.15, 0.2) is 10.1 Å². The van der Waals surface area contributed by atoms with E-state index in [2.05, 4.69) is 15.5 Å². The average molecular weight is 141 g/mol. The van der Waals surface area contributed by atoms with Crippen molar-refractivity contribution in [2.45, 2.75) is 19.9 Å². The highest BCUT2D eigenvalue weighted by atomic mass is 16.5. The van der Waals surface area contributed by atoms with Crippen LogP contribution in [0.25, 0.3) is 0 Å². The first kappa shape index (κ1) is 7.05. The lowest BCUT2D eigenvalue weighted by molar-refractivity contribution is 0.376. The van der Waals surface area contributed by atoms with Crippen molar-refractivity contribution in [3.05, 3.63) is 0 Å². The van der Waals surface area contributed by atoms with Crippen LogP contribution in [0.5, 0.6) is 0 Å². The van der Waals surface area contributed by atoms with Crippen LogP contribution in [0.4, 0.5) is 0 Å². The molecule has 0 bridgehead atoms. The molecule has 56 valence electrons. The van der Waals surface area contributed by atoms with Crippen LogP contribution < -0.4 is 5.43 Å². The Bertz CT molecular complexity index is 185. The molecular formula is C6H11N3O. The van der Waals surface area contributed by atoms with Crippen molar-refractivity contribution >= 4 is 11.7 Å². The molecule has 0 spiro atoms. The molecule has 10 heavy (non-hydrogen) atoms. The molecule has 0 radical (unpaired) electrons. The van der Waals surface area contributed by atoms with Gasteiger partial charge in [-0.25, -0.2) is 10.4 Å². The minimum Gasteiger partial charge on any atom is -0.467 e. The van der Waals surface area contributed by atoms with Crippen molar-refractivity contribution in [3.63, 3.8) is 0 Å². The molecule has 0 saturated carbocycles. The quantitative estimate of drug-likeness (QED) is 0.529. The van der Waals surface area contributed by atoms with Crippen molar-refractivity contribution in [2.75, 3.05) is 7.11 Å². The van der Waals surface area contributed by atoms with E-state index in [1.165, 1.54) is 0 Å².